The van der Waals surface area contributed by atoms with Crippen LogP contribution in [-0.4, -0.2) is 33.7 Å². The highest BCUT2D eigenvalue weighted by molar-refractivity contribution is 7.85. The van der Waals surface area contributed by atoms with Gasteiger partial charge in [0.05, 0.1) is 29.1 Å². The van der Waals surface area contributed by atoms with Crippen LogP contribution in [0.3, 0.4) is 0 Å². The molecule has 0 saturated carbocycles. The Kier molecular flexibility index (Phi) is 4.49. The van der Waals surface area contributed by atoms with Crippen LogP contribution in [0.1, 0.15) is 18.4 Å². The molecule has 0 spiro atoms. The maximum absolute atomic E-state index is 12.2. The third-order valence-electron chi connectivity index (χ3n) is 2.93. The Bertz CT molecular complexity index is 435. The number of aliphatic carboxylic acids is 1. The number of benzene rings is 1. The van der Waals surface area contributed by atoms with Gasteiger partial charge in [-0.1, -0.05) is 12.1 Å². The van der Waals surface area contributed by atoms with Crippen molar-refractivity contribution in [3.8, 4) is 0 Å². The summed E-state index contributed by atoms with van der Waals surface area (Å²) in [6, 6.07) is 6.96. The predicted octanol–water partition coefficient (Wildman–Crippen LogP) is 1.60. The van der Waals surface area contributed by atoms with Crippen molar-refractivity contribution in [2.24, 2.45) is 0 Å². The molecule has 1 saturated heterocycles. The maximum Gasteiger partial charge on any atom is 0.307 e. The number of hydrogen-bond donors (Lipinski definition) is 1. The fraction of sp³-hybridized carbons (Fsp3) is 0.462. The first kappa shape index (κ1) is 13.2. The molecular weight excluding hydrogens is 252 g/mol. The highest BCUT2D eigenvalue weighted by atomic mass is 32.2. The van der Waals surface area contributed by atoms with Gasteiger partial charge < -0.3 is 9.84 Å². The van der Waals surface area contributed by atoms with Crippen molar-refractivity contribution in [2.45, 2.75) is 29.4 Å². The second-order valence-corrected chi connectivity index (χ2v) is 6.08. The molecule has 1 aliphatic heterocycles. The van der Waals surface area contributed by atoms with E-state index in [1.54, 1.807) is 24.3 Å². The van der Waals surface area contributed by atoms with E-state index in [1.165, 1.54) is 0 Å². The lowest BCUT2D eigenvalue weighted by Gasteiger charge is -2.21. The standard InChI is InChI=1S/C13H16O4S/c14-13(15)8-10-3-5-11(6-4-10)18(16)12-2-1-7-17-9-12/h3-6,12H,1-2,7-9H2,(H,14,15). The van der Waals surface area contributed by atoms with E-state index in [9.17, 15) is 9.00 Å². The molecule has 1 aromatic rings. The third-order valence-corrected chi connectivity index (χ3v) is 4.65. The van der Waals surface area contributed by atoms with Crippen LogP contribution in [-0.2, 0) is 26.8 Å². The van der Waals surface area contributed by atoms with Crippen LogP contribution in [0.5, 0.6) is 0 Å². The Hall–Kier alpha value is -1.20. The van der Waals surface area contributed by atoms with Gasteiger partial charge >= 0.3 is 5.97 Å². The fourth-order valence-electron chi connectivity index (χ4n) is 1.99. The molecule has 2 rings (SSSR count). The number of hydrogen-bond acceptors (Lipinski definition) is 3. The Labute approximate surface area is 108 Å². The number of carboxylic acids is 1. The molecule has 1 heterocycles. The quantitative estimate of drug-likeness (QED) is 0.901. The Balaban J connectivity index is 2.04. The summed E-state index contributed by atoms with van der Waals surface area (Å²) in [7, 11) is -1.06. The largest absolute Gasteiger partial charge is 0.481 e. The number of rotatable bonds is 4. The summed E-state index contributed by atoms with van der Waals surface area (Å²) in [5.41, 5.74) is 0.725. The molecule has 2 unspecified atom stereocenters. The van der Waals surface area contributed by atoms with Gasteiger partial charge in [-0.15, -0.1) is 0 Å². The van der Waals surface area contributed by atoms with E-state index in [4.69, 9.17) is 9.84 Å². The molecule has 2 atom stereocenters. The van der Waals surface area contributed by atoms with Crippen molar-refractivity contribution in [1.82, 2.24) is 0 Å². The zero-order valence-corrected chi connectivity index (χ0v) is 10.8. The summed E-state index contributed by atoms with van der Waals surface area (Å²) >= 11 is 0. The third kappa shape index (κ3) is 3.40. The Morgan fingerprint density at radius 1 is 1.39 bits per heavy atom. The second-order valence-electron chi connectivity index (χ2n) is 4.35. The van der Waals surface area contributed by atoms with E-state index in [0.717, 1.165) is 29.9 Å². The lowest BCUT2D eigenvalue weighted by Crippen LogP contribution is -2.26. The minimum atomic E-state index is -1.06. The Morgan fingerprint density at radius 2 is 2.11 bits per heavy atom. The molecule has 0 bridgehead atoms. The van der Waals surface area contributed by atoms with Gasteiger partial charge in [0.15, 0.2) is 0 Å². The van der Waals surface area contributed by atoms with E-state index in [-0.39, 0.29) is 11.7 Å². The van der Waals surface area contributed by atoms with Gasteiger partial charge in [-0.25, -0.2) is 0 Å². The molecule has 4 nitrogen and oxygen atoms in total. The van der Waals surface area contributed by atoms with Crippen LogP contribution in [0.2, 0.25) is 0 Å². The monoisotopic (exact) mass is 268 g/mol. The summed E-state index contributed by atoms with van der Waals surface area (Å²) < 4.78 is 17.6. The molecule has 1 aromatic carbocycles. The predicted molar refractivity (Wildman–Crippen MR) is 68.0 cm³/mol. The van der Waals surface area contributed by atoms with Crippen LogP contribution >= 0.6 is 0 Å². The average molecular weight is 268 g/mol. The average Bonchev–Trinajstić information content (AvgIpc) is 2.39. The zero-order valence-electron chi connectivity index (χ0n) is 10.0. The summed E-state index contributed by atoms with van der Waals surface area (Å²) in [4.78, 5) is 11.3. The highest BCUT2D eigenvalue weighted by Gasteiger charge is 2.21. The van der Waals surface area contributed by atoms with Crippen LogP contribution < -0.4 is 0 Å². The second kappa shape index (κ2) is 6.11. The van der Waals surface area contributed by atoms with E-state index in [2.05, 4.69) is 0 Å². The lowest BCUT2D eigenvalue weighted by molar-refractivity contribution is -0.136. The van der Waals surface area contributed by atoms with Gasteiger partial charge in [0.2, 0.25) is 0 Å². The summed E-state index contributed by atoms with van der Waals surface area (Å²) in [5.74, 6) is -0.857. The topological polar surface area (TPSA) is 63.6 Å². The van der Waals surface area contributed by atoms with Crippen LogP contribution in [0.4, 0.5) is 0 Å². The van der Waals surface area contributed by atoms with E-state index < -0.39 is 16.8 Å². The van der Waals surface area contributed by atoms with Crippen molar-refractivity contribution in [3.63, 3.8) is 0 Å². The molecule has 0 amide bonds. The van der Waals surface area contributed by atoms with Gasteiger partial charge in [0.25, 0.3) is 0 Å². The first-order valence-electron chi connectivity index (χ1n) is 5.96. The molecule has 1 aliphatic rings. The molecule has 18 heavy (non-hydrogen) atoms. The molecule has 0 aromatic heterocycles. The van der Waals surface area contributed by atoms with E-state index in [1.807, 2.05) is 0 Å². The molecule has 0 aliphatic carbocycles. The van der Waals surface area contributed by atoms with Crippen LogP contribution in [0.25, 0.3) is 0 Å². The molecule has 98 valence electrons. The van der Waals surface area contributed by atoms with Crippen molar-refractivity contribution < 1.29 is 18.8 Å². The lowest BCUT2D eigenvalue weighted by atomic mass is 10.2. The molecule has 1 N–H and O–H groups in total. The van der Waals surface area contributed by atoms with Gasteiger partial charge in [-0.2, -0.15) is 0 Å². The minimum absolute atomic E-state index is 0.000541. The minimum Gasteiger partial charge on any atom is -0.481 e. The summed E-state index contributed by atoms with van der Waals surface area (Å²) in [6.45, 7) is 1.30. The molecule has 0 radical (unpaired) electrons. The Morgan fingerprint density at radius 3 is 2.67 bits per heavy atom. The van der Waals surface area contributed by atoms with Gasteiger partial charge in [0, 0.05) is 11.5 Å². The molecular formula is C13H16O4S. The van der Waals surface area contributed by atoms with Gasteiger partial charge in [0.1, 0.15) is 0 Å². The molecule has 1 fully saturated rings. The SMILES string of the molecule is O=C(O)Cc1ccc(S(=O)C2CCCOC2)cc1. The van der Waals surface area contributed by atoms with Crippen molar-refractivity contribution in [1.29, 1.82) is 0 Å². The van der Waals surface area contributed by atoms with Crippen LogP contribution in [0, 0.1) is 0 Å². The first-order valence-corrected chi connectivity index (χ1v) is 7.17. The van der Waals surface area contributed by atoms with E-state index >= 15 is 0 Å². The smallest absolute Gasteiger partial charge is 0.307 e. The van der Waals surface area contributed by atoms with Crippen LogP contribution in [0.15, 0.2) is 29.2 Å². The fourth-order valence-corrected chi connectivity index (χ4v) is 3.38. The number of ether oxygens (including phenoxy) is 1. The van der Waals surface area contributed by atoms with Crippen molar-refractivity contribution in [2.75, 3.05) is 13.2 Å². The molecule has 5 heteroatoms. The highest BCUT2D eigenvalue weighted by Crippen LogP contribution is 2.19. The number of carbonyl (C=O) groups is 1. The van der Waals surface area contributed by atoms with Gasteiger partial charge in [-0.3, -0.25) is 9.00 Å². The first-order chi connectivity index (χ1) is 8.66. The zero-order chi connectivity index (χ0) is 13.0. The van der Waals surface area contributed by atoms with Gasteiger partial charge in [-0.05, 0) is 30.5 Å². The maximum atomic E-state index is 12.2. The normalized spacial score (nSPS) is 21.4. The summed E-state index contributed by atoms with van der Waals surface area (Å²) in [5, 5.41) is 8.73. The van der Waals surface area contributed by atoms with Crippen molar-refractivity contribution >= 4 is 16.8 Å². The summed E-state index contributed by atoms with van der Waals surface area (Å²) in [6.07, 6.45) is 1.87. The van der Waals surface area contributed by atoms with Crippen molar-refractivity contribution in [3.05, 3.63) is 29.8 Å². The van der Waals surface area contributed by atoms with E-state index in [0.29, 0.717) is 6.61 Å². The number of carboxylic acid groups (broad SMARTS) is 1.